The van der Waals surface area contributed by atoms with E-state index in [1.54, 1.807) is 29.0 Å². The summed E-state index contributed by atoms with van der Waals surface area (Å²) in [6, 6.07) is 7.65. The maximum Gasteiger partial charge on any atom is 0.136 e. The topological polar surface area (TPSA) is 98.6 Å². The highest BCUT2D eigenvalue weighted by molar-refractivity contribution is 5.63. The summed E-state index contributed by atoms with van der Waals surface area (Å²) in [6.07, 6.45) is 9.69. The molecule has 0 unspecified atom stereocenters. The molecule has 0 radical (unpaired) electrons. The Morgan fingerprint density at radius 3 is 2.65 bits per heavy atom. The molecule has 190 valence electrons. The number of rotatable bonds is 5. The van der Waals surface area contributed by atoms with Gasteiger partial charge in [0.25, 0.3) is 0 Å². The van der Waals surface area contributed by atoms with Crippen molar-refractivity contribution in [1.29, 1.82) is 0 Å². The maximum absolute atomic E-state index is 15.1. The number of nitrogens with two attached hydrogens (primary N) is 1. The Kier molecular flexibility index (Phi) is 5.86. The van der Waals surface area contributed by atoms with Gasteiger partial charge in [0.2, 0.25) is 0 Å². The Morgan fingerprint density at radius 2 is 1.95 bits per heavy atom. The van der Waals surface area contributed by atoms with Crippen molar-refractivity contribution < 1.29 is 18.6 Å². The minimum absolute atomic E-state index is 0.00676. The first-order chi connectivity index (χ1) is 17.8. The third-order valence-electron chi connectivity index (χ3n) is 7.33. The van der Waals surface area contributed by atoms with E-state index in [0.29, 0.717) is 17.8 Å². The van der Waals surface area contributed by atoms with Crippen LogP contribution in [0.25, 0.3) is 16.8 Å². The summed E-state index contributed by atoms with van der Waals surface area (Å²) in [4.78, 5) is 8.89. The Labute approximate surface area is 212 Å². The molecule has 37 heavy (non-hydrogen) atoms. The fourth-order valence-electron chi connectivity index (χ4n) is 5.43. The standard InChI is InChI=1S/C28H27F2N5O2/c1-16-6-17(8-20(31)7-16)22-4-5-32-12-18(22)9-26-33-13-21-2-3-25(34-35(21)26)27-23(29)10-19(11-24(27)30)28(36)14-37-15-28/h2-5,7,10-13,17,20,36H,6,8-9,14-15,31H2,1H3/t17-,20+/m1/s1. The van der Waals surface area contributed by atoms with Gasteiger partial charge in [-0.2, -0.15) is 5.10 Å². The molecule has 3 N–H and O–H groups in total. The van der Waals surface area contributed by atoms with Crippen molar-refractivity contribution in [2.24, 2.45) is 5.73 Å². The summed E-state index contributed by atoms with van der Waals surface area (Å²) in [5, 5.41) is 15.0. The molecule has 0 spiro atoms. The third kappa shape index (κ3) is 4.33. The average Bonchev–Trinajstić information content (AvgIpc) is 3.24. The molecular formula is C28H27F2N5O2. The van der Waals surface area contributed by atoms with Gasteiger partial charge >= 0.3 is 0 Å². The Bertz CT molecular complexity index is 1510. The van der Waals surface area contributed by atoms with E-state index in [2.05, 4.69) is 28.1 Å². The van der Waals surface area contributed by atoms with E-state index in [1.807, 2.05) is 12.3 Å². The maximum atomic E-state index is 15.1. The predicted molar refractivity (Wildman–Crippen MR) is 134 cm³/mol. The first-order valence-corrected chi connectivity index (χ1v) is 12.3. The summed E-state index contributed by atoms with van der Waals surface area (Å²) in [7, 11) is 0. The van der Waals surface area contributed by atoms with E-state index < -0.39 is 17.2 Å². The van der Waals surface area contributed by atoms with Crippen molar-refractivity contribution >= 4 is 5.52 Å². The van der Waals surface area contributed by atoms with Crippen LogP contribution in [0.5, 0.6) is 0 Å². The Morgan fingerprint density at radius 1 is 1.16 bits per heavy atom. The number of ether oxygens (including phenoxy) is 1. The van der Waals surface area contributed by atoms with E-state index in [0.717, 1.165) is 30.5 Å². The zero-order valence-corrected chi connectivity index (χ0v) is 20.4. The second-order valence-electron chi connectivity index (χ2n) is 10.1. The summed E-state index contributed by atoms with van der Waals surface area (Å²) in [6.45, 7) is 2.12. The van der Waals surface area contributed by atoms with Crippen LogP contribution in [0.2, 0.25) is 0 Å². The quantitative estimate of drug-likeness (QED) is 0.399. The molecule has 1 fully saturated rings. The molecule has 4 aromatic rings. The van der Waals surface area contributed by atoms with Gasteiger partial charge in [-0.1, -0.05) is 11.6 Å². The van der Waals surface area contributed by atoms with E-state index in [1.165, 1.54) is 11.1 Å². The summed E-state index contributed by atoms with van der Waals surface area (Å²) < 4.78 is 36.8. The summed E-state index contributed by atoms with van der Waals surface area (Å²) in [5.74, 6) is -0.673. The number of imidazole rings is 1. The highest BCUT2D eigenvalue weighted by atomic mass is 19.1. The van der Waals surface area contributed by atoms with Crippen molar-refractivity contribution in [2.75, 3.05) is 13.2 Å². The van der Waals surface area contributed by atoms with Crippen LogP contribution in [0.3, 0.4) is 0 Å². The number of hydrogen-bond acceptors (Lipinski definition) is 6. The lowest BCUT2D eigenvalue weighted by Crippen LogP contribution is -2.46. The number of hydrogen-bond donors (Lipinski definition) is 2. The number of aromatic nitrogens is 4. The third-order valence-corrected chi connectivity index (χ3v) is 7.33. The largest absolute Gasteiger partial charge is 0.380 e. The fraction of sp³-hybridized carbons (Fsp3) is 0.321. The van der Waals surface area contributed by atoms with Crippen molar-refractivity contribution in [2.45, 2.75) is 43.7 Å². The van der Waals surface area contributed by atoms with Gasteiger partial charge in [0, 0.05) is 24.9 Å². The van der Waals surface area contributed by atoms with Gasteiger partial charge in [-0.15, -0.1) is 0 Å². The molecule has 9 heteroatoms. The van der Waals surface area contributed by atoms with Crippen molar-refractivity contribution in [3.8, 4) is 11.3 Å². The molecule has 0 saturated carbocycles. The van der Waals surface area contributed by atoms with Crippen LogP contribution in [-0.4, -0.2) is 43.9 Å². The molecule has 2 atom stereocenters. The van der Waals surface area contributed by atoms with E-state index in [9.17, 15) is 5.11 Å². The lowest BCUT2D eigenvalue weighted by molar-refractivity contribution is -0.184. The number of fused-ring (bicyclic) bond motifs is 1. The molecule has 1 aromatic carbocycles. The molecule has 1 aliphatic heterocycles. The lowest BCUT2D eigenvalue weighted by Gasteiger charge is -2.36. The Hall–Kier alpha value is -3.53. The van der Waals surface area contributed by atoms with Crippen LogP contribution < -0.4 is 5.73 Å². The Balaban J connectivity index is 1.35. The van der Waals surface area contributed by atoms with E-state index >= 15 is 8.78 Å². The van der Waals surface area contributed by atoms with Gasteiger partial charge in [-0.3, -0.25) is 4.98 Å². The van der Waals surface area contributed by atoms with Crippen LogP contribution in [-0.2, 0) is 16.8 Å². The zero-order valence-electron chi connectivity index (χ0n) is 20.4. The van der Waals surface area contributed by atoms with Crippen LogP contribution in [0.1, 0.15) is 48.2 Å². The van der Waals surface area contributed by atoms with Gasteiger partial charge in [0.05, 0.1) is 36.2 Å². The zero-order chi connectivity index (χ0) is 25.7. The van der Waals surface area contributed by atoms with Gasteiger partial charge in [-0.25, -0.2) is 18.3 Å². The molecule has 4 heterocycles. The van der Waals surface area contributed by atoms with Crippen LogP contribution >= 0.6 is 0 Å². The number of allylic oxidation sites excluding steroid dienone is 1. The first-order valence-electron chi connectivity index (χ1n) is 12.3. The second-order valence-corrected chi connectivity index (χ2v) is 10.1. The second kappa shape index (κ2) is 9.09. The predicted octanol–water partition coefficient (Wildman–Crippen LogP) is 4.03. The molecule has 7 nitrogen and oxygen atoms in total. The van der Waals surface area contributed by atoms with Crippen LogP contribution in [0, 0.1) is 11.6 Å². The monoisotopic (exact) mass is 503 g/mol. The lowest BCUT2D eigenvalue weighted by atomic mass is 9.80. The fourth-order valence-corrected chi connectivity index (χ4v) is 5.43. The van der Waals surface area contributed by atoms with E-state index in [4.69, 9.17) is 10.5 Å². The molecule has 3 aromatic heterocycles. The molecule has 1 aliphatic carbocycles. The minimum atomic E-state index is -1.37. The van der Waals surface area contributed by atoms with Crippen LogP contribution in [0.4, 0.5) is 8.78 Å². The minimum Gasteiger partial charge on any atom is -0.380 e. The average molecular weight is 504 g/mol. The molecule has 2 aliphatic rings. The van der Waals surface area contributed by atoms with Crippen LogP contribution in [0.15, 0.2) is 60.6 Å². The summed E-state index contributed by atoms with van der Waals surface area (Å²) >= 11 is 0. The molecular weight excluding hydrogens is 476 g/mol. The van der Waals surface area contributed by atoms with Gasteiger partial charge in [0.15, 0.2) is 0 Å². The summed E-state index contributed by atoms with van der Waals surface area (Å²) in [5.41, 5.74) is 9.10. The van der Waals surface area contributed by atoms with Crippen molar-refractivity contribution in [3.05, 3.63) is 94.7 Å². The molecule has 0 bridgehead atoms. The number of benzene rings is 1. The number of aliphatic hydroxyl groups is 1. The smallest absolute Gasteiger partial charge is 0.136 e. The molecule has 0 amide bonds. The van der Waals surface area contributed by atoms with Crippen molar-refractivity contribution in [3.63, 3.8) is 0 Å². The molecule has 6 rings (SSSR count). The first kappa shape index (κ1) is 23.8. The SMILES string of the molecule is CC1=C[C@H](N)C[C@H](c2ccncc2Cc2ncc3ccc(-c4c(F)cc(C5(O)COC5)cc4F)nn23)C1. The number of pyridine rings is 1. The van der Waals surface area contributed by atoms with Gasteiger partial charge in [0.1, 0.15) is 23.1 Å². The normalized spacial score (nSPS) is 21.1. The van der Waals surface area contributed by atoms with Gasteiger partial charge < -0.3 is 15.6 Å². The number of nitrogens with zero attached hydrogens (tertiary/aromatic N) is 4. The number of halogens is 2. The highest BCUT2D eigenvalue weighted by Crippen LogP contribution is 2.36. The van der Waals surface area contributed by atoms with Crippen molar-refractivity contribution in [1.82, 2.24) is 19.6 Å². The highest BCUT2D eigenvalue weighted by Gasteiger charge is 2.39. The molecule has 1 saturated heterocycles. The van der Waals surface area contributed by atoms with Gasteiger partial charge in [-0.05, 0) is 72.7 Å². The van der Waals surface area contributed by atoms with E-state index in [-0.39, 0.29) is 42.0 Å².